The molecule has 0 saturated heterocycles. The van der Waals surface area contributed by atoms with Gasteiger partial charge in [-0.3, -0.25) is 0 Å². The van der Waals surface area contributed by atoms with Crippen LogP contribution >= 0.6 is 11.6 Å². The van der Waals surface area contributed by atoms with Gasteiger partial charge in [-0.25, -0.2) is 0 Å². The zero-order valence-corrected chi connectivity index (χ0v) is 10.5. The molecule has 1 atom stereocenters. The Labute approximate surface area is 97.8 Å². The maximum atomic E-state index is 5.95. The van der Waals surface area contributed by atoms with E-state index in [0.29, 0.717) is 11.8 Å². The smallest absolute Gasteiger partial charge is 0.0408 e. The SMILES string of the molecule is CC(C)CNCC(C)c1cccc(Cl)c1. The van der Waals surface area contributed by atoms with Crippen LogP contribution in [0.2, 0.25) is 5.02 Å². The molecule has 0 bridgehead atoms. The Bertz CT molecular complexity index is 296. The van der Waals surface area contributed by atoms with E-state index in [1.165, 1.54) is 5.56 Å². The summed E-state index contributed by atoms with van der Waals surface area (Å²) >= 11 is 5.95. The van der Waals surface area contributed by atoms with Crippen molar-refractivity contribution < 1.29 is 0 Å². The molecule has 0 aliphatic rings. The molecule has 0 aromatic heterocycles. The Morgan fingerprint density at radius 1 is 1.20 bits per heavy atom. The normalized spacial score (nSPS) is 13.1. The number of hydrogen-bond donors (Lipinski definition) is 1. The van der Waals surface area contributed by atoms with Crippen LogP contribution in [0.1, 0.15) is 32.3 Å². The predicted molar refractivity (Wildman–Crippen MR) is 67.6 cm³/mol. The van der Waals surface area contributed by atoms with Crippen molar-refractivity contribution in [2.24, 2.45) is 5.92 Å². The highest BCUT2D eigenvalue weighted by Gasteiger charge is 2.05. The van der Waals surface area contributed by atoms with Crippen molar-refractivity contribution in [3.8, 4) is 0 Å². The van der Waals surface area contributed by atoms with Crippen molar-refractivity contribution in [3.63, 3.8) is 0 Å². The van der Waals surface area contributed by atoms with Gasteiger partial charge in [0.25, 0.3) is 0 Å². The van der Waals surface area contributed by atoms with E-state index in [1.807, 2.05) is 18.2 Å². The summed E-state index contributed by atoms with van der Waals surface area (Å²) in [6, 6.07) is 8.10. The van der Waals surface area contributed by atoms with Crippen LogP contribution in [-0.4, -0.2) is 13.1 Å². The zero-order chi connectivity index (χ0) is 11.3. The van der Waals surface area contributed by atoms with Crippen LogP contribution in [0.25, 0.3) is 0 Å². The van der Waals surface area contributed by atoms with Gasteiger partial charge in [0, 0.05) is 11.6 Å². The Kier molecular flexibility index (Phi) is 5.13. The Hall–Kier alpha value is -0.530. The topological polar surface area (TPSA) is 12.0 Å². The van der Waals surface area contributed by atoms with E-state index in [-0.39, 0.29) is 0 Å². The molecule has 84 valence electrons. The summed E-state index contributed by atoms with van der Waals surface area (Å²) in [6.45, 7) is 8.75. The molecular weight excluding hydrogens is 206 g/mol. The second-order valence-electron chi connectivity index (χ2n) is 4.51. The number of halogens is 1. The lowest BCUT2D eigenvalue weighted by Gasteiger charge is -2.14. The van der Waals surface area contributed by atoms with E-state index < -0.39 is 0 Å². The highest BCUT2D eigenvalue weighted by molar-refractivity contribution is 6.30. The van der Waals surface area contributed by atoms with Crippen LogP contribution in [-0.2, 0) is 0 Å². The molecule has 0 aliphatic carbocycles. The molecule has 0 saturated carbocycles. The van der Waals surface area contributed by atoms with E-state index >= 15 is 0 Å². The molecule has 1 aromatic rings. The third-order valence-corrected chi connectivity index (χ3v) is 2.66. The van der Waals surface area contributed by atoms with Gasteiger partial charge in [-0.1, -0.05) is 44.5 Å². The Morgan fingerprint density at radius 3 is 2.53 bits per heavy atom. The predicted octanol–water partition coefficient (Wildman–Crippen LogP) is 3.69. The minimum absolute atomic E-state index is 0.516. The van der Waals surface area contributed by atoms with Crippen molar-refractivity contribution in [1.82, 2.24) is 5.32 Å². The molecule has 0 spiro atoms. The standard InChI is InChI=1S/C13H20ClN/c1-10(2)8-15-9-11(3)12-5-4-6-13(14)7-12/h4-7,10-11,15H,8-9H2,1-3H3. The lowest BCUT2D eigenvalue weighted by Crippen LogP contribution is -2.24. The fourth-order valence-corrected chi connectivity index (χ4v) is 1.72. The monoisotopic (exact) mass is 225 g/mol. The summed E-state index contributed by atoms with van der Waals surface area (Å²) < 4.78 is 0. The molecule has 2 heteroatoms. The van der Waals surface area contributed by atoms with Crippen LogP contribution in [0.3, 0.4) is 0 Å². The molecule has 1 rings (SSSR count). The molecule has 0 heterocycles. The van der Waals surface area contributed by atoms with E-state index in [2.05, 4.69) is 32.2 Å². The van der Waals surface area contributed by atoms with Gasteiger partial charge in [-0.15, -0.1) is 0 Å². The van der Waals surface area contributed by atoms with Gasteiger partial charge < -0.3 is 5.32 Å². The highest BCUT2D eigenvalue weighted by atomic mass is 35.5. The van der Waals surface area contributed by atoms with Gasteiger partial charge in [-0.2, -0.15) is 0 Å². The van der Waals surface area contributed by atoms with Gasteiger partial charge >= 0.3 is 0 Å². The summed E-state index contributed by atoms with van der Waals surface area (Å²) in [5, 5.41) is 4.28. The summed E-state index contributed by atoms with van der Waals surface area (Å²) in [5.41, 5.74) is 1.30. The largest absolute Gasteiger partial charge is 0.316 e. The number of nitrogens with one attached hydrogen (secondary N) is 1. The second kappa shape index (κ2) is 6.14. The van der Waals surface area contributed by atoms with Gasteiger partial charge in [-0.05, 0) is 36.1 Å². The maximum Gasteiger partial charge on any atom is 0.0408 e. The van der Waals surface area contributed by atoms with E-state index in [9.17, 15) is 0 Å². The van der Waals surface area contributed by atoms with Crippen molar-refractivity contribution in [3.05, 3.63) is 34.9 Å². The van der Waals surface area contributed by atoms with Crippen LogP contribution in [0.5, 0.6) is 0 Å². The van der Waals surface area contributed by atoms with Crippen molar-refractivity contribution in [2.75, 3.05) is 13.1 Å². The summed E-state index contributed by atoms with van der Waals surface area (Å²) in [5.74, 6) is 1.22. The minimum Gasteiger partial charge on any atom is -0.316 e. The fourth-order valence-electron chi connectivity index (χ4n) is 1.52. The summed E-state index contributed by atoms with van der Waals surface area (Å²) in [7, 11) is 0. The molecule has 0 fully saturated rings. The third kappa shape index (κ3) is 4.67. The van der Waals surface area contributed by atoms with Crippen molar-refractivity contribution in [2.45, 2.75) is 26.7 Å². The molecule has 1 N–H and O–H groups in total. The summed E-state index contributed by atoms with van der Waals surface area (Å²) in [6.07, 6.45) is 0. The Morgan fingerprint density at radius 2 is 1.93 bits per heavy atom. The van der Waals surface area contributed by atoms with Crippen LogP contribution in [0.15, 0.2) is 24.3 Å². The maximum absolute atomic E-state index is 5.95. The molecule has 1 nitrogen and oxygen atoms in total. The molecule has 0 radical (unpaired) electrons. The first-order chi connectivity index (χ1) is 7.09. The van der Waals surface area contributed by atoms with Crippen LogP contribution in [0, 0.1) is 5.92 Å². The van der Waals surface area contributed by atoms with Crippen LogP contribution < -0.4 is 5.32 Å². The average molecular weight is 226 g/mol. The van der Waals surface area contributed by atoms with Crippen molar-refractivity contribution in [1.29, 1.82) is 0 Å². The molecule has 1 unspecified atom stereocenters. The van der Waals surface area contributed by atoms with Gasteiger partial charge in [0.2, 0.25) is 0 Å². The number of hydrogen-bond acceptors (Lipinski definition) is 1. The lowest BCUT2D eigenvalue weighted by atomic mass is 10.0. The molecule has 0 amide bonds. The zero-order valence-electron chi connectivity index (χ0n) is 9.76. The molecule has 15 heavy (non-hydrogen) atoms. The van der Waals surface area contributed by atoms with Gasteiger partial charge in [0.05, 0.1) is 0 Å². The lowest BCUT2D eigenvalue weighted by molar-refractivity contribution is 0.529. The minimum atomic E-state index is 0.516. The first-order valence-electron chi connectivity index (χ1n) is 5.55. The highest BCUT2D eigenvalue weighted by Crippen LogP contribution is 2.18. The Balaban J connectivity index is 2.43. The van der Waals surface area contributed by atoms with Crippen LogP contribution in [0.4, 0.5) is 0 Å². The van der Waals surface area contributed by atoms with Crippen molar-refractivity contribution >= 4 is 11.6 Å². The average Bonchev–Trinajstić information content (AvgIpc) is 2.17. The number of rotatable bonds is 5. The van der Waals surface area contributed by atoms with E-state index in [0.717, 1.165) is 18.1 Å². The van der Waals surface area contributed by atoms with Gasteiger partial charge in [0.1, 0.15) is 0 Å². The van der Waals surface area contributed by atoms with E-state index in [1.54, 1.807) is 0 Å². The quantitative estimate of drug-likeness (QED) is 0.806. The molecular formula is C13H20ClN. The molecule has 0 aliphatic heterocycles. The third-order valence-electron chi connectivity index (χ3n) is 2.42. The number of benzene rings is 1. The first kappa shape index (κ1) is 12.5. The van der Waals surface area contributed by atoms with Gasteiger partial charge in [0.15, 0.2) is 0 Å². The van der Waals surface area contributed by atoms with E-state index in [4.69, 9.17) is 11.6 Å². The fraction of sp³-hybridized carbons (Fsp3) is 0.538. The summed E-state index contributed by atoms with van der Waals surface area (Å²) in [4.78, 5) is 0. The second-order valence-corrected chi connectivity index (χ2v) is 4.94. The molecule has 1 aromatic carbocycles. The first-order valence-corrected chi connectivity index (χ1v) is 5.93.